The number of rotatable bonds is 2. The van der Waals surface area contributed by atoms with Gasteiger partial charge in [-0.15, -0.1) is 11.3 Å². The second kappa shape index (κ2) is 4.92. The molecular formula is C13H18N2O3S. The molecule has 2 heterocycles. The molecule has 1 aromatic heterocycles. The highest BCUT2D eigenvalue weighted by Crippen LogP contribution is 2.28. The standard InChI is InChI=1S/C13H18N2O3S/c1-13(2,3)12-14-6-9(19-12)10(16)15-5-4-8(7-15)11(17)18/h6,8H,4-5,7H2,1-3H3,(H,17,18). The van der Waals surface area contributed by atoms with Crippen molar-refractivity contribution >= 4 is 23.2 Å². The molecule has 1 fully saturated rings. The Balaban J connectivity index is 2.09. The molecule has 1 aromatic rings. The Labute approximate surface area is 116 Å². The predicted molar refractivity (Wildman–Crippen MR) is 72.5 cm³/mol. The normalized spacial score (nSPS) is 19.7. The molecule has 19 heavy (non-hydrogen) atoms. The second-order valence-corrected chi connectivity index (χ2v) is 6.89. The van der Waals surface area contributed by atoms with Gasteiger partial charge in [0, 0.05) is 18.5 Å². The van der Waals surface area contributed by atoms with Gasteiger partial charge in [0.05, 0.1) is 17.1 Å². The van der Waals surface area contributed by atoms with E-state index in [4.69, 9.17) is 5.11 Å². The molecule has 1 aliphatic rings. The van der Waals surface area contributed by atoms with Crippen molar-refractivity contribution in [3.05, 3.63) is 16.1 Å². The SMILES string of the molecule is CC(C)(C)c1ncc(C(=O)N2CCC(C(=O)O)C2)s1. The van der Waals surface area contributed by atoms with E-state index in [2.05, 4.69) is 25.8 Å². The van der Waals surface area contributed by atoms with E-state index >= 15 is 0 Å². The summed E-state index contributed by atoms with van der Waals surface area (Å²) in [7, 11) is 0. The van der Waals surface area contributed by atoms with Crippen molar-refractivity contribution < 1.29 is 14.7 Å². The van der Waals surface area contributed by atoms with Gasteiger partial charge in [-0.2, -0.15) is 0 Å². The van der Waals surface area contributed by atoms with Crippen molar-refractivity contribution in [2.24, 2.45) is 5.92 Å². The summed E-state index contributed by atoms with van der Waals surface area (Å²) in [6.45, 7) is 6.97. The lowest BCUT2D eigenvalue weighted by atomic mass is 9.98. The molecule has 0 bridgehead atoms. The smallest absolute Gasteiger partial charge is 0.308 e. The summed E-state index contributed by atoms with van der Waals surface area (Å²) < 4.78 is 0. The van der Waals surface area contributed by atoms with Crippen LogP contribution < -0.4 is 0 Å². The highest BCUT2D eigenvalue weighted by Gasteiger charge is 2.32. The Morgan fingerprint density at radius 3 is 2.63 bits per heavy atom. The lowest BCUT2D eigenvalue weighted by Gasteiger charge is -2.15. The quantitative estimate of drug-likeness (QED) is 0.900. The van der Waals surface area contributed by atoms with E-state index in [9.17, 15) is 9.59 Å². The van der Waals surface area contributed by atoms with Crippen LogP contribution in [0.1, 0.15) is 41.9 Å². The van der Waals surface area contributed by atoms with Crippen molar-refractivity contribution in [2.75, 3.05) is 13.1 Å². The van der Waals surface area contributed by atoms with Crippen LogP contribution >= 0.6 is 11.3 Å². The molecule has 1 unspecified atom stereocenters. The molecule has 0 radical (unpaired) electrons. The lowest BCUT2D eigenvalue weighted by molar-refractivity contribution is -0.141. The van der Waals surface area contributed by atoms with Gasteiger partial charge in [-0.25, -0.2) is 4.98 Å². The van der Waals surface area contributed by atoms with Crippen LogP contribution in [0, 0.1) is 5.92 Å². The Kier molecular flexibility index (Phi) is 3.62. The van der Waals surface area contributed by atoms with Gasteiger partial charge < -0.3 is 10.0 Å². The number of nitrogens with zero attached hydrogens (tertiary/aromatic N) is 2. The van der Waals surface area contributed by atoms with E-state index in [1.54, 1.807) is 11.1 Å². The van der Waals surface area contributed by atoms with Crippen LogP contribution in [0.5, 0.6) is 0 Å². The first-order chi connectivity index (χ1) is 8.79. The fourth-order valence-corrected chi connectivity index (χ4v) is 2.96. The van der Waals surface area contributed by atoms with Gasteiger partial charge in [-0.3, -0.25) is 9.59 Å². The maximum Gasteiger partial charge on any atom is 0.308 e. The number of carbonyl (C=O) groups is 2. The monoisotopic (exact) mass is 282 g/mol. The average Bonchev–Trinajstić information content (AvgIpc) is 2.97. The fourth-order valence-electron chi connectivity index (χ4n) is 2.02. The summed E-state index contributed by atoms with van der Waals surface area (Å²) in [6.07, 6.45) is 2.13. The van der Waals surface area contributed by atoms with Crippen LogP contribution in [0.2, 0.25) is 0 Å². The summed E-state index contributed by atoms with van der Waals surface area (Å²) in [5.41, 5.74) is -0.0716. The van der Waals surface area contributed by atoms with E-state index < -0.39 is 11.9 Å². The summed E-state index contributed by atoms with van der Waals surface area (Å²) in [5, 5.41) is 9.87. The highest BCUT2D eigenvalue weighted by molar-refractivity contribution is 7.13. The van der Waals surface area contributed by atoms with Gasteiger partial charge >= 0.3 is 5.97 Å². The van der Waals surface area contributed by atoms with Crippen LogP contribution in [-0.2, 0) is 10.2 Å². The molecule has 5 nitrogen and oxygen atoms in total. The Morgan fingerprint density at radius 1 is 1.47 bits per heavy atom. The highest BCUT2D eigenvalue weighted by atomic mass is 32.1. The van der Waals surface area contributed by atoms with Gasteiger partial charge in [0.2, 0.25) is 0 Å². The van der Waals surface area contributed by atoms with Crippen molar-refractivity contribution in [3.63, 3.8) is 0 Å². The molecule has 0 spiro atoms. The van der Waals surface area contributed by atoms with Gasteiger partial charge in [-0.1, -0.05) is 20.8 Å². The zero-order valence-corrected chi connectivity index (χ0v) is 12.2. The number of amides is 1. The van der Waals surface area contributed by atoms with Crippen molar-refractivity contribution in [1.29, 1.82) is 0 Å². The Hall–Kier alpha value is -1.43. The number of hydrogen-bond acceptors (Lipinski definition) is 4. The van der Waals surface area contributed by atoms with E-state index in [1.807, 2.05) is 0 Å². The van der Waals surface area contributed by atoms with Gasteiger partial charge in [0.1, 0.15) is 4.88 Å². The summed E-state index contributed by atoms with van der Waals surface area (Å²) >= 11 is 1.39. The van der Waals surface area contributed by atoms with Crippen LogP contribution in [0.4, 0.5) is 0 Å². The molecule has 6 heteroatoms. The number of carbonyl (C=O) groups excluding carboxylic acids is 1. The first-order valence-corrected chi connectivity index (χ1v) is 7.09. The van der Waals surface area contributed by atoms with E-state index in [-0.39, 0.29) is 11.3 Å². The molecule has 2 rings (SSSR count). The zero-order chi connectivity index (χ0) is 14.2. The molecular weight excluding hydrogens is 264 g/mol. The first kappa shape index (κ1) is 14.0. The Morgan fingerprint density at radius 2 is 2.16 bits per heavy atom. The number of aliphatic carboxylic acids is 1. The molecule has 0 aromatic carbocycles. The number of carboxylic acids is 1. The Bertz CT molecular complexity index is 504. The largest absolute Gasteiger partial charge is 0.481 e. The van der Waals surface area contributed by atoms with Crippen LogP contribution in [-0.4, -0.2) is 40.0 Å². The van der Waals surface area contributed by atoms with E-state index in [0.717, 1.165) is 5.01 Å². The number of likely N-dealkylation sites (tertiary alicyclic amines) is 1. The third-order valence-corrected chi connectivity index (χ3v) is 4.59. The first-order valence-electron chi connectivity index (χ1n) is 6.27. The minimum atomic E-state index is -0.824. The minimum absolute atomic E-state index is 0.0716. The average molecular weight is 282 g/mol. The maximum absolute atomic E-state index is 12.3. The van der Waals surface area contributed by atoms with Gasteiger partial charge in [-0.05, 0) is 6.42 Å². The van der Waals surface area contributed by atoms with Crippen LogP contribution in [0.25, 0.3) is 0 Å². The summed E-state index contributed by atoms with van der Waals surface area (Å²) in [4.78, 5) is 29.6. The number of thiazole rings is 1. The fraction of sp³-hybridized carbons (Fsp3) is 0.615. The second-order valence-electron chi connectivity index (χ2n) is 5.85. The lowest BCUT2D eigenvalue weighted by Crippen LogP contribution is -2.29. The van der Waals surface area contributed by atoms with E-state index in [1.165, 1.54) is 11.3 Å². The molecule has 1 atom stereocenters. The molecule has 0 saturated carbocycles. The van der Waals surface area contributed by atoms with Crippen molar-refractivity contribution in [1.82, 2.24) is 9.88 Å². The molecule has 104 valence electrons. The molecule has 1 aliphatic heterocycles. The maximum atomic E-state index is 12.3. The van der Waals surface area contributed by atoms with Crippen LogP contribution in [0.3, 0.4) is 0 Å². The predicted octanol–water partition coefficient (Wildman–Crippen LogP) is 1.99. The van der Waals surface area contributed by atoms with Crippen molar-refractivity contribution in [2.45, 2.75) is 32.6 Å². The molecule has 1 amide bonds. The summed E-state index contributed by atoms with van der Waals surface area (Å²) in [5.74, 6) is -1.36. The summed E-state index contributed by atoms with van der Waals surface area (Å²) in [6, 6.07) is 0. The zero-order valence-electron chi connectivity index (χ0n) is 11.3. The molecule has 0 aliphatic carbocycles. The number of carboxylic acid groups (broad SMARTS) is 1. The third-order valence-electron chi connectivity index (χ3n) is 3.18. The molecule has 1 N–H and O–H groups in total. The number of aromatic nitrogens is 1. The van der Waals surface area contributed by atoms with Crippen LogP contribution in [0.15, 0.2) is 6.20 Å². The van der Waals surface area contributed by atoms with Crippen molar-refractivity contribution in [3.8, 4) is 0 Å². The molecule has 1 saturated heterocycles. The van der Waals surface area contributed by atoms with E-state index in [0.29, 0.717) is 24.4 Å². The number of hydrogen-bond donors (Lipinski definition) is 1. The van der Waals surface area contributed by atoms with Gasteiger partial charge in [0.15, 0.2) is 0 Å². The topological polar surface area (TPSA) is 70.5 Å². The minimum Gasteiger partial charge on any atom is -0.481 e. The third kappa shape index (κ3) is 2.94. The van der Waals surface area contributed by atoms with Gasteiger partial charge in [0.25, 0.3) is 5.91 Å².